The molecule has 2 rings (SSSR count). The molecule has 0 aliphatic heterocycles. The van der Waals surface area contributed by atoms with Crippen molar-refractivity contribution in [2.75, 3.05) is 5.73 Å². The summed E-state index contributed by atoms with van der Waals surface area (Å²) in [5.74, 6) is 0.845. The summed E-state index contributed by atoms with van der Waals surface area (Å²) in [5, 5.41) is 8.02. The fraction of sp³-hybridized carbons (Fsp3) is 0.333. The highest BCUT2D eigenvalue weighted by molar-refractivity contribution is 9.10. The minimum Gasteiger partial charge on any atom is -0.381 e. The van der Waals surface area contributed by atoms with E-state index in [2.05, 4.69) is 52.2 Å². The van der Waals surface area contributed by atoms with Crippen molar-refractivity contribution in [1.29, 1.82) is 0 Å². The molecule has 2 aromatic rings. The van der Waals surface area contributed by atoms with Crippen LogP contribution in [0.1, 0.15) is 31.0 Å². The predicted molar refractivity (Wildman–Crippen MR) is 71.8 cm³/mol. The van der Waals surface area contributed by atoms with Crippen molar-refractivity contribution < 1.29 is 0 Å². The number of rotatable bonds is 3. The van der Waals surface area contributed by atoms with Gasteiger partial charge in [0.2, 0.25) is 0 Å². The van der Waals surface area contributed by atoms with Gasteiger partial charge in [-0.2, -0.15) is 0 Å². The van der Waals surface area contributed by atoms with Crippen LogP contribution in [0, 0.1) is 0 Å². The first-order chi connectivity index (χ1) is 8.08. The maximum atomic E-state index is 5.82. The van der Waals surface area contributed by atoms with E-state index in [4.69, 9.17) is 5.73 Å². The molecule has 0 saturated heterocycles. The lowest BCUT2D eigenvalue weighted by molar-refractivity contribution is 0.598. The van der Waals surface area contributed by atoms with E-state index in [-0.39, 0.29) is 0 Å². The molecule has 0 atom stereocenters. The lowest BCUT2D eigenvalue weighted by Crippen LogP contribution is -2.08. The maximum Gasteiger partial charge on any atom is 0.169 e. The Labute approximate surface area is 109 Å². The molecular weight excluding hydrogens is 280 g/mol. The standard InChI is InChI=1S/C12H15BrN4/c1-8(2)11-12(14)15-16-17(11)7-9-3-5-10(13)6-4-9/h3-6,8H,7,14H2,1-2H3. The molecular formula is C12H15BrN4. The van der Waals surface area contributed by atoms with Gasteiger partial charge in [-0.15, -0.1) is 5.10 Å². The second-order valence-corrected chi connectivity index (χ2v) is 5.21. The molecule has 4 nitrogen and oxygen atoms in total. The van der Waals surface area contributed by atoms with Crippen LogP contribution >= 0.6 is 15.9 Å². The number of hydrogen-bond donors (Lipinski definition) is 1. The molecule has 1 aromatic carbocycles. The maximum absolute atomic E-state index is 5.82. The summed E-state index contributed by atoms with van der Waals surface area (Å²) in [7, 11) is 0. The second-order valence-electron chi connectivity index (χ2n) is 4.30. The summed E-state index contributed by atoms with van der Waals surface area (Å²) in [4.78, 5) is 0. The van der Waals surface area contributed by atoms with E-state index in [0.29, 0.717) is 18.3 Å². The van der Waals surface area contributed by atoms with Gasteiger partial charge in [-0.3, -0.25) is 0 Å². The number of nitrogens with zero attached hydrogens (tertiary/aromatic N) is 3. The molecule has 0 unspecified atom stereocenters. The summed E-state index contributed by atoms with van der Waals surface area (Å²) in [6.45, 7) is 4.88. The Balaban J connectivity index is 2.27. The Hall–Kier alpha value is -1.36. The summed E-state index contributed by atoms with van der Waals surface area (Å²) >= 11 is 3.42. The van der Waals surface area contributed by atoms with E-state index in [1.165, 1.54) is 5.56 Å². The minimum absolute atomic E-state index is 0.320. The third-order valence-electron chi connectivity index (χ3n) is 2.59. The van der Waals surface area contributed by atoms with Crippen molar-refractivity contribution in [3.8, 4) is 0 Å². The normalized spacial score (nSPS) is 11.1. The molecule has 0 aliphatic carbocycles. The second kappa shape index (κ2) is 4.87. The summed E-state index contributed by atoms with van der Waals surface area (Å²) in [6, 6.07) is 8.16. The van der Waals surface area contributed by atoms with E-state index < -0.39 is 0 Å². The number of halogens is 1. The molecule has 0 amide bonds. The molecule has 1 heterocycles. The molecule has 0 fully saturated rings. The predicted octanol–water partition coefficient (Wildman–Crippen LogP) is 2.79. The average Bonchev–Trinajstić information content (AvgIpc) is 2.63. The first-order valence-corrected chi connectivity index (χ1v) is 6.30. The fourth-order valence-electron chi connectivity index (χ4n) is 1.81. The van der Waals surface area contributed by atoms with Gasteiger partial charge in [0.05, 0.1) is 12.2 Å². The molecule has 17 heavy (non-hydrogen) atoms. The van der Waals surface area contributed by atoms with Crippen LogP contribution in [0.3, 0.4) is 0 Å². The molecule has 0 aliphatic rings. The van der Waals surface area contributed by atoms with Gasteiger partial charge in [-0.1, -0.05) is 47.1 Å². The third kappa shape index (κ3) is 2.66. The molecule has 0 spiro atoms. The number of aromatic nitrogens is 3. The third-order valence-corrected chi connectivity index (χ3v) is 3.12. The minimum atomic E-state index is 0.320. The Morgan fingerprint density at radius 1 is 1.29 bits per heavy atom. The van der Waals surface area contributed by atoms with Crippen molar-refractivity contribution in [2.45, 2.75) is 26.3 Å². The highest BCUT2D eigenvalue weighted by Gasteiger charge is 2.13. The van der Waals surface area contributed by atoms with Gasteiger partial charge in [0.15, 0.2) is 5.82 Å². The van der Waals surface area contributed by atoms with Crippen molar-refractivity contribution in [3.63, 3.8) is 0 Å². The summed E-state index contributed by atoms with van der Waals surface area (Å²) in [6.07, 6.45) is 0. The van der Waals surface area contributed by atoms with Crippen LogP contribution < -0.4 is 5.73 Å². The highest BCUT2D eigenvalue weighted by Crippen LogP contribution is 2.20. The average molecular weight is 295 g/mol. The summed E-state index contributed by atoms with van der Waals surface area (Å²) in [5.41, 5.74) is 7.99. The Kier molecular flexibility index (Phi) is 3.47. The van der Waals surface area contributed by atoms with Gasteiger partial charge < -0.3 is 5.73 Å². The lowest BCUT2D eigenvalue weighted by atomic mass is 10.1. The number of benzene rings is 1. The van der Waals surface area contributed by atoms with Crippen molar-refractivity contribution >= 4 is 21.7 Å². The van der Waals surface area contributed by atoms with Gasteiger partial charge in [0.25, 0.3) is 0 Å². The number of hydrogen-bond acceptors (Lipinski definition) is 3. The van der Waals surface area contributed by atoms with Crippen LogP contribution in [0.15, 0.2) is 28.7 Å². The van der Waals surface area contributed by atoms with Gasteiger partial charge in [0.1, 0.15) is 0 Å². The SMILES string of the molecule is CC(C)c1c(N)nnn1Cc1ccc(Br)cc1. The van der Waals surface area contributed by atoms with Crippen LogP contribution in [-0.2, 0) is 6.54 Å². The lowest BCUT2D eigenvalue weighted by Gasteiger charge is -2.09. The van der Waals surface area contributed by atoms with Crippen LogP contribution in [-0.4, -0.2) is 15.0 Å². The van der Waals surface area contributed by atoms with Crippen molar-refractivity contribution in [2.24, 2.45) is 0 Å². The van der Waals surface area contributed by atoms with E-state index in [1.54, 1.807) is 0 Å². The molecule has 5 heteroatoms. The number of anilines is 1. The van der Waals surface area contributed by atoms with Gasteiger partial charge >= 0.3 is 0 Å². The van der Waals surface area contributed by atoms with E-state index >= 15 is 0 Å². The van der Waals surface area contributed by atoms with E-state index in [1.807, 2.05) is 16.8 Å². The first kappa shape index (κ1) is 12.1. The molecule has 90 valence electrons. The molecule has 0 radical (unpaired) electrons. The topological polar surface area (TPSA) is 56.7 Å². The fourth-order valence-corrected chi connectivity index (χ4v) is 2.07. The van der Waals surface area contributed by atoms with Gasteiger partial charge in [-0.25, -0.2) is 4.68 Å². The highest BCUT2D eigenvalue weighted by atomic mass is 79.9. The zero-order valence-corrected chi connectivity index (χ0v) is 11.5. The van der Waals surface area contributed by atoms with Crippen LogP contribution in [0.25, 0.3) is 0 Å². The molecule has 1 aromatic heterocycles. The summed E-state index contributed by atoms with van der Waals surface area (Å²) < 4.78 is 2.94. The zero-order valence-electron chi connectivity index (χ0n) is 9.89. The van der Waals surface area contributed by atoms with Crippen LogP contribution in [0.5, 0.6) is 0 Å². The first-order valence-electron chi connectivity index (χ1n) is 5.51. The van der Waals surface area contributed by atoms with E-state index in [9.17, 15) is 0 Å². The van der Waals surface area contributed by atoms with E-state index in [0.717, 1.165) is 10.2 Å². The molecule has 0 saturated carbocycles. The monoisotopic (exact) mass is 294 g/mol. The van der Waals surface area contributed by atoms with Crippen molar-refractivity contribution in [1.82, 2.24) is 15.0 Å². The van der Waals surface area contributed by atoms with Crippen LogP contribution in [0.4, 0.5) is 5.82 Å². The van der Waals surface area contributed by atoms with Gasteiger partial charge in [-0.05, 0) is 23.6 Å². The Morgan fingerprint density at radius 2 is 1.94 bits per heavy atom. The smallest absolute Gasteiger partial charge is 0.169 e. The number of nitrogen functional groups attached to an aromatic ring is 1. The molecule has 2 N–H and O–H groups in total. The zero-order chi connectivity index (χ0) is 12.4. The molecule has 0 bridgehead atoms. The quantitative estimate of drug-likeness (QED) is 0.947. The Bertz CT molecular complexity index is 502. The van der Waals surface area contributed by atoms with Crippen molar-refractivity contribution in [3.05, 3.63) is 40.0 Å². The number of nitrogens with two attached hydrogens (primary N) is 1. The van der Waals surface area contributed by atoms with Gasteiger partial charge in [0, 0.05) is 4.47 Å². The largest absolute Gasteiger partial charge is 0.381 e. The Morgan fingerprint density at radius 3 is 2.53 bits per heavy atom. The van der Waals surface area contributed by atoms with Crippen LogP contribution in [0.2, 0.25) is 0 Å².